The van der Waals surface area contributed by atoms with Crippen LogP contribution in [0.15, 0.2) is 48.5 Å². The van der Waals surface area contributed by atoms with E-state index in [0.717, 1.165) is 0 Å². The lowest BCUT2D eigenvalue weighted by Gasteiger charge is -2.21. The van der Waals surface area contributed by atoms with Crippen LogP contribution in [0.3, 0.4) is 0 Å². The van der Waals surface area contributed by atoms with Crippen molar-refractivity contribution >= 4 is 34.9 Å². The van der Waals surface area contributed by atoms with Crippen molar-refractivity contribution in [3.63, 3.8) is 0 Å². The van der Waals surface area contributed by atoms with Crippen molar-refractivity contribution < 1.29 is 14.3 Å². The fourth-order valence-electron chi connectivity index (χ4n) is 2.17. The summed E-state index contributed by atoms with van der Waals surface area (Å²) in [4.78, 5) is 25.9. The van der Waals surface area contributed by atoms with Gasteiger partial charge < -0.3 is 20.3 Å². The number of urea groups is 1. The Kier molecular flexibility index (Phi) is 6.65. The summed E-state index contributed by atoms with van der Waals surface area (Å²) < 4.78 is 5.12. The van der Waals surface area contributed by atoms with Crippen molar-refractivity contribution in [3.8, 4) is 5.75 Å². The second-order valence-corrected chi connectivity index (χ2v) is 5.67. The van der Waals surface area contributed by atoms with Gasteiger partial charge in [-0.1, -0.05) is 23.7 Å². The number of amides is 3. The Balaban J connectivity index is 1.95. The minimum Gasteiger partial charge on any atom is -0.497 e. The Morgan fingerprint density at radius 1 is 1.08 bits per heavy atom. The fraction of sp³-hybridized carbons (Fsp3) is 0.222. The number of carbonyl (C=O) groups excluding carboxylic acids is 2. The van der Waals surface area contributed by atoms with Gasteiger partial charge in [-0.2, -0.15) is 0 Å². The third-order valence-electron chi connectivity index (χ3n) is 3.43. The molecule has 2 aromatic carbocycles. The number of nitrogens with zero attached hydrogens (tertiary/aromatic N) is 1. The molecule has 0 aliphatic carbocycles. The third-order valence-corrected chi connectivity index (χ3v) is 3.67. The van der Waals surface area contributed by atoms with Crippen LogP contribution in [0.2, 0.25) is 5.02 Å². The van der Waals surface area contributed by atoms with Crippen LogP contribution < -0.4 is 15.4 Å². The van der Waals surface area contributed by atoms with Gasteiger partial charge in [0.05, 0.1) is 7.11 Å². The van der Waals surface area contributed by atoms with E-state index in [1.54, 1.807) is 62.6 Å². The molecule has 2 aromatic rings. The Morgan fingerprint density at radius 3 is 2.40 bits per heavy atom. The number of anilines is 2. The molecule has 0 heterocycles. The maximum absolute atomic E-state index is 12.3. The lowest BCUT2D eigenvalue weighted by molar-refractivity contribution is -0.116. The van der Waals surface area contributed by atoms with Gasteiger partial charge in [0, 0.05) is 29.0 Å². The summed E-state index contributed by atoms with van der Waals surface area (Å²) in [6.07, 6.45) is 0. The monoisotopic (exact) mass is 361 g/mol. The molecule has 0 atom stereocenters. The number of hydrogen-bond donors (Lipinski definition) is 2. The van der Waals surface area contributed by atoms with Gasteiger partial charge in [-0.25, -0.2) is 4.79 Å². The van der Waals surface area contributed by atoms with Gasteiger partial charge in [0.1, 0.15) is 12.3 Å². The topological polar surface area (TPSA) is 70.7 Å². The zero-order valence-corrected chi connectivity index (χ0v) is 14.8. The predicted molar refractivity (Wildman–Crippen MR) is 99.3 cm³/mol. The summed E-state index contributed by atoms with van der Waals surface area (Å²) in [6, 6.07) is 13.5. The van der Waals surface area contributed by atoms with E-state index < -0.39 is 0 Å². The second-order valence-electron chi connectivity index (χ2n) is 5.23. The van der Waals surface area contributed by atoms with Crippen LogP contribution in [-0.4, -0.2) is 37.0 Å². The number of benzene rings is 2. The van der Waals surface area contributed by atoms with E-state index >= 15 is 0 Å². The van der Waals surface area contributed by atoms with Crippen molar-refractivity contribution in [2.75, 3.05) is 30.8 Å². The van der Waals surface area contributed by atoms with E-state index in [1.165, 1.54) is 4.90 Å². The standard InChI is InChI=1S/C18H20ClN3O3/c1-3-22(18(24)21-14-7-4-6-13(19)10-14)12-17(23)20-15-8-5-9-16(11-15)25-2/h4-11H,3,12H2,1-2H3,(H,20,23)(H,21,24). The first-order chi connectivity index (χ1) is 12.0. The molecular formula is C18H20ClN3O3. The minimum atomic E-state index is -0.370. The summed E-state index contributed by atoms with van der Waals surface area (Å²) in [6.45, 7) is 2.12. The Bertz CT molecular complexity index is 752. The van der Waals surface area contributed by atoms with Crippen molar-refractivity contribution in [1.29, 1.82) is 0 Å². The molecule has 132 valence electrons. The summed E-state index contributed by atoms with van der Waals surface area (Å²) >= 11 is 5.90. The zero-order valence-electron chi connectivity index (χ0n) is 14.1. The molecule has 2 N–H and O–H groups in total. The molecular weight excluding hydrogens is 342 g/mol. The molecule has 0 radical (unpaired) electrons. The Morgan fingerprint density at radius 2 is 1.76 bits per heavy atom. The molecule has 6 nitrogen and oxygen atoms in total. The van der Waals surface area contributed by atoms with E-state index in [9.17, 15) is 9.59 Å². The molecule has 0 bridgehead atoms. The second kappa shape index (κ2) is 8.94. The van der Waals surface area contributed by atoms with Gasteiger partial charge >= 0.3 is 6.03 Å². The molecule has 0 unspecified atom stereocenters. The average Bonchev–Trinajstić information content (AvgIpc) is 2.59. The van der Waals surface area contributed by atoms with Gasteiger partial charge in [-0.3, -0.25) is 4.79 Å². The molecule has 0 saturated heterocycles. The summed E-state index contributed by atoms with van der Waals surface area (Å²) in [5.41, 5.74) is 1.18. The van der Waals surface area contributed by atoms with Gasteiger partial charge in [-0.05, 0) is 37.3 Å². The summed E-state index contributed by atoms with van der Waals surface area (Å²) in [5, 5.41) is 6.00. The Labute approximate surface area is 151 Å². The van der Waals surface area contributed by atoms with Gasteiger partial charge in [0.15, 0.2) is 0 Å². The number of carbonyl (C=O) groups is 2. The van der Waals surface area contributed by atoms with Crippen LogP contribution >= 0.6 is 11.6 Å². The van der Waals surface area contributed by atoms with Crippen molar-refractivity contribution in [2.24, 2.45) is 0 Å². The van der Waals surface area contributed by atoms with Crippen LogP contribution in [0.5, 0.6) is 5.75 Å². The van der Waals surface area contributed by atoms with Crippen molar-refractivity contribution in [2.45, 2.75) is 6.92 Å². The van der Waals surface area contributed by atoms with E-state index in [1.807, 2.05) is 0 Å². The number of ether oxygens (including phenoxy) is 1. The zero-order chi connectivity index (χ0) is 18.2. The first-order valence-electron chi connectivity index (χ1n) is 7.77. The van der Waals surface area contributed by atoms with Crippen LogP contribution in [0.4, 0.5) is 16.2 Å². The highest BCUT2D eigenvalue weighted by atomic mass is 35.5. The number of halogens is 1. The molecule has 0 fully saturated rings. The number of nitrogens with one attached hydrogen (secondary N) is 2. The molecule has 0 aliphatic rings. The molecule has 25 heavy (non-hydrogen) atoms. The summed E-state index contributed by atoms with van der Waals surface area (Å²) in [7, 11) is 1.56. The molecule has 3 amide bonds. The normalized spacial score (nSPS) is 10.0. The molecule has 7 heteroatoms. The van der Waals surface area contributed by atoms with Gasteiger partial charge in [0.25, 0.3) is 0 Å². The van der Waals surface area contributed by atoms with Crippen LogP contribution in [0, 0.1) is 0 Å². The summed E-state index contributed by atoms with van der Waals surface area (Å²) in [5.74, 6) is 0.347. The fourth-order valence-corrected chi connectivity index (χ4v) is 2.36. The highest BCUT2D eigenvalue weighted by Gasteiger charge is 2.16. The number of rotatable bonds is 6. The largest absolute Gasteiger partial charge is 0.497 e. The highest BCUT2D eigenvalue weighted by Crippen LogP contribution is 2.17. The van der Waals surface area contributed by atoms with Crippen LogP contribution in [0.25, 0.3) is 0 Å². The molecule has 0 spiro atoms. The van der Waals surface area contributed by atoms with Crippen LogP contribution in [-0.2, 0) is 4.79 Å². The SMILES string of the molecule is CCN(CC(=O)Nc1cccc(OC)c1)C(=O)Nc1cccc(Cl)c1. The first kappa shape index (κ1) is 18.6. The smallest absolute Gasteiger partial charge is 0.322 e. The lowest BCUT2D eigenvalue weighted by Crippen LogP contribution is -2.40. The molecule has 0 aliphatic heterocycles. The number of hydrogen-bond acceptors (Lipinski definition) is 3. The average molecular weight is 362 g/mol. The number of methoxy groups -OCH3 is 1. The quantitative estimate of drug-likeness (QED) is 0.821. The van der Waals surface area contributed by atoms with Crippen molar-refractivity contribution in [1.82, 2.24) is 4.90 Å². The minimum absolute atomic E-state index is 0.0693. The Hall–Kier alpha value is -2.73. The van der Waals surface area contributed by atoms with Crippen LogP contribution in [0.1, 0.15) is 6.92 Å². The van der Waals surface area contributed by atoms with E-state index in [-0.39, 0.29) is 18.5 Å². The van der Waals surface area contributed by atoms with E-state index in [2.05, 4.69) is 10.6 Å². The number of likely N-dealkylation sites (N-methyl/N-ethyl adjacent to an activating group) is 1. The lowest BCUT2D eigenvalue weighted by atomic mass is 10.3. The third kappa shape index (κ3) is 5.69. The van der Waals surface area contributed by atoms with E-state index in [0.29, 0.717) is 28.7 Å². The van der Waals surface area contributed by atoms with E-state index in [4.69, 9.17) is 16.3 Å². The maximum atomic E-state index is 12.3. The van der Waals surface area contributed by atoms with Crippen molar-refractivity contribution in [3.05, 3.63) is 53.6 Å². The highest BCUT2D eigenvalue weighted by molar-refractivity contribution is 6.30. The molecule has 0 saturated carbocycles. The molecule has 0 aromatic heterocycles. The first-order valence-corrected chi connectivity index (χ1v) is 8.15. The molecule has 2 rings (SSSR count). The predicted octanol–water partition coefficient (Wildman–Crippen LogP) is 3.84. The van der Waals surface area contributed by atoms with Gasteiger partial charge in [0.2, 0.25) is 5.91 Å². The van der Waals surface area contributed by atoms with Gasteiger partial charge in [-0.15, -0.1) is 0 Å². The maximum Gasteiger partial charge on any atom is 0.322 e.